The van der Waals surface area contributed by atoms with Crippen molar-refractivity contribution in [1.82, 2.24) is 24.9 Å². The first-order valence-corrected chi connectivity index (χ1v) is 12.0. The van der Waals surface area contributed by atoms with E-state index in [4.69, 9.17) is 26.3 Å². The fraction of sp³-hybridized carbons (Fsp3) is 0.304. The number of benzene rings is 1. The molecule has 5 heterocycles. The molecular formula is C23H21BrClN7O. The van der Waals surface area contributed by atoms with Crippen LogP contribution in [0.2, 0.25) is 5.02 Å². The predicted octanol–water partition coefficient (Wildman–Crippen LogP) is 4.15. The predicted molar refractivity (Wildman–Crippen MR) is 131 cm³/mol. The quantitative estimate of drug-likeness (QED) is 0.429. The van der Waals surface area contributed by atoms with Crippen molar-refractivity contribution in [3.63, 3.8) is 0 Å². The van der Waals surface area contributed by atoms with E-state index in [0.29, 0.717) is 19.2 Å². The zero-order chi connectivity index (χ0) is 22.4. The molecule has 1 saturated heterocycles. The Bertz CT molecular complexity index is 1290. The highest BCUT2D eigenvalue weighted by molar-refractivity contribution is 9.10. The Labute approximate surface area is 204 Å². The summed E-state index contributed by atoms with van der Waals surface area (Å²) >= 11 is 9.76. The lowest BCUT2D eigenvalue weighted by Gasteiger charge is -2.36. The smallest absolute Gasteiger partial charge is 0.226 e. The molecule has 0 radical (unpaired) electrons. The zero-order valence-electron chi connectivity index (χ0n) is 17.7. The Hall–Kier alpha value is -2.75. The van der Waals surface area contributed by atoms with Crippen LogP contribution in [0.25, 0.3) is 10.9 Å². The van der Waals surface area contributed by atoms with Crippen LogP contribution in [-0.4, -0.2) is 57.8 Å². The van der Waals surface area contributed by atoms with Gasteiger partial charge in [0.2, 0.25) is 11.9 Å². The third-order valence-corrected chi connectivity index (χ3v) is 6.87. The highest BCUT2D eigenvalue weighted by Crippen LogP contribution is 2.40. The van der Waals surface area contributed by atoms with E-state index in [-0.39, 0.29) is 6.04 Å². The van der Waals surface area contributed by atoms with Crippen LogP contribution in [0.4, 0.5) is 11.9 Å². The summed E-state index contributed by atoms with van der Waals surface area (Å²) in [5.41, 5.74) is 4.42. The van der Waals surface area contributed by atoms with Crippen molar-refractivity contribution in [2.24, 2.45) is 0 Å². The van der Waals surface area contributed by atoms with Gasteiger partial charge in [0, 0.05) is 71.6 Å². The van der Waals surface area contributed by atoms with Crippen molar-refractivity contribution in [1.29, 1.82) is 0 Å². The highest BCUT2D eigenvalue weighted by atomic mass is 79.9. The summed E-state index contributed by atoms with van der Waals surface area (Å²) in [6, 6.07) is 5.84. The number of halogens is 2. The van der Waals surface area contributed by atoms with Crippen LogP contribution in [0.3, 0.4) is 0 Å². The molecule has 1 aromatic carbocycles. The average Bonchev–Trinajstić information content (AvgIpc) is 3.22. The number of anilines is 2. The van der Waals surface area contributed by atoms with Crippen molar-refractivity contribution in [3.8, 4) is 0 Å². The summed E-state index contributed by atoms with van der Waals surface area (Å²) < 4.78 is 6.30. The van der Waals surface area contributed by atoms with E-state index < -0.39 is 0 Å². The number of ether oxygens (including phenoxy) is 1. The fourth-order valence-electron chi connectivity index (χ4n) is 4.68. The SMILES string of the molecule is Clc1ccc2[nH]c3c(c2c1)CCN(c1ncc(Br)cn1)[C@H]3c1cnc(N2CCOCC2)nc1. The van der Waals surface area contributed by atoms with Crippen LogP contribution >= 0.6 is 27.5 Å². The van der Waals surface area contributed by atoms with E-state index >= 15 is 0 Å². The normalized spacial score (nSPS) is 18.5. The van der Waals surface area contributed by atoms with Gasteiger partial charge in [-0.2, -0.15) is 0 Å². The number of nitrogens with one attached hydrogen (secondary N) is 1. The lowest BCUT2D eigenvalue weighted by Crippen LogP contribution is -2.38. The second-order valence-corrected chi connectivity index (χ2v) is 9.52. The van der Waals surface area contributed by atoms with Gasteiger partial charge >= 0.3 is 0 Å². The van der Waals surface area contributed by atoms with E-state index in [2.05, 4.69) is 40.7 Å². The Kier molecular flexibility index (Phi) is 5.40. The lowest BCUT2D eigenvalue weighted by atomic mass is 9.94. The molecule has 6 rings (SSSR count). The van der Waals surface area contributed by atoms with E-state index in [1.54, 1.807) is 12.4 Å². The number of fused-ring (bicyclic) bond motifs is 3. The van der Waals surface area contributed by atoms with Gasteiger partial charge in [-0.1, -0.05) is 11.6 Å². The molecule has 4 aromatic rings. The minimum atomic E-state index is -0.139. The Morgan fingerprint density at radius 3 is 2.45 bits per heavy atom. The summed E-state index contributed by atoms with van der Waals surface area (Å²) in [5, 5.41) is 1.89. The molecule has 1 N–H and O–H groups in total. The van der Waals surface area contributed by atoms with Crippen molar-refractivity contribution in [3.05, 3.63) is 69.3 Å². The van der Waals surface area contributed by atoms with E-state index in [0.717, 1.165) is 63.7 Å². The maximum absolute atomic E-state index is 6.32. The molecule has 2 aliphatic heterocycles. The van der Waals surface area contributed by atoms with E-state index in [1.807, 2.05) is 30.6 Å². The van der Waals surface area contributed by atoms with Gasteiger partial charge in [0.15, 0.2) is 0 Å². The number of hydrogen-bond donors (Lipinski definition) is 1. The Balaban J connectivity index is 1.45. The third kappa shape index (κ3) is 3.84. The molecule has 10 heteroatoms. The second-order valence-electron chi connectivity index (χ2n) is 8.17. The van der Waals surface area contributed by atoms with Gasteiger partial charge in [0.05, 0.1) is 17.7 Å². The minimum Gasteiger partial charge on any atom is -0.378 e. The van der Waals surface area contributed by atoms with Crippen LogP contribution in [-0.2, 0) is 11.2 Å². The van der Waals surface area contributed by atoms with Crippen molar-refractivity contribution in [2.45, 2.75) is 12.5 Å². The van der Waals surface area contributed by atoms with Crippen LogP contribution < -0.4 is 9.80 Å². The number of aromatic amines is 1. The average molecular weight is 527 g/mol. The number of rotatable bonds is 3. The molecule has 3 aromatic heterocycles. The van der Waals surface area contributed by atoms with Crippen LogP contribution in [0.15, 0.2) is 47.5 Å². The maximum atomic E-state index is 6.32. The number of morpholine rings is 1. The minimum absolute atomic E-state index is 0.139. The van der Waals surface area contributed by atoms with Gasteiger partial charge in [-0.25, -0.2) is 19.9 Å². The van der Waals surface area contributed by atoms with Crippen molar-refractivity contribution < 1.29 is 4.74 Å². The molecule has 0 aliphatic carbocycles. The molecule has 0 saturated carbocycles. The molecule has 0 spiro atoms. The first-order valence-electron chi connectivity index (χ1n) is 10.9. The first kappa shape index (κ1) is 20.8. The number of aromatic nitrogens is 5. The molecule has 0 unspecified atom stereocenters. The van der Waals surface area contributed by atoms with Crippen LogP contribution in [0.1, 0.15) is 22.9 Å². The molecule has 1 atom stereocenters. The summed E-state index contributed by atoms with van der Waals surface area (Å²) in [5.74, 6) is 1.40. The molecule has 0 amide bonds. The van der Waals surface area contributed by atoms with Crippen LogP contribution in [0, 0.1) is 0 Å². The van der Waals surface area contributed by atoms with Crippen LogP contribution in [0.5, 0.6) is 0 Å². The van der Waals surface area contributed by atoms with Gasteiger partial charge in [-0.15, -0.1) is 0 Å². The summed E-state index contributed by atoms with van der Waals surface area (Å²) in [6.07, 6.45) is 8.25. The third-order valence-electron chi connectivity index (χ3n) is 6.22. The molecule has 0 bridgehead atoms. The van der Waals surface area contributed by atoms with Gasteiger partial charge < -0.3 is 19.5 Å². The Morgan fingerprint density at radius 1 is 0.970 bits per heavy atom. The standard InChI is InChI=1S/C23H21BrClN7O/c24-15-12-28-23(29-13-15)32-4-3-17-18-9-16(25)1-2-19(18)30-20(17)21(32)14-10-26-22(27-11-14)31-5-7-33-8-6-31/h1-2,9-13,21,30H,3-8H2/t21-/m0/s1. The number of H-pyrrole nitrogens is 1. The topological polar surface area (TPSA) is 83.1 Å². The number of nitrogens with zero attached hydrogens (tertiary/aromatic N) is 6. The summed E-state index contributed by atoms with van der Waals surface area (Å²) in [7, 11) is 0. The van der Waals surface area contributed by atoms with Gasteiger partial charge in [0.25, 0.3) is 0 Å². The van der Waals surface area contributed by atoms with Gasteiger partial charge in [0.1, 0.15) is 6.04 Å². The molecule has 8 nitrogen and oxygen atoms in total. The maximum Gasteiger partial charge on any atom is 0.226 e. The lowest BCUT2D eigenvalue weighted by molar-refractivity contribution is 0.122. The second kappa shape index (κ2) is 8.55. The molecule has 1 fully saturated rings. The van der Waals surface area contributed by atoms with E-state index in [1.165, 1.54) is 5.56 Å². The molecule has 168 valence electrons. The highest BCUT2D eigenvalue weighted by Gasteiger charge is 2.34. The van der Waals surface area contributed by atoms with Gasteiger partial charge in [-0.05, 0) is 46.1 Å². The molecular weight excluding hydrogens is 506 g/mol. The van der Waals surface area contributed by atoms with Crippen molar-refractivity contribution >= 4 is 50.3 Å². The molecule has 2 aliphatic rings. The largest absolute Gasteiger partial charge is 0.378 e. The zero-order valence-corrected chi connectivity index (χ0v) is 20.1. The summed E-state index contributed by atoms with van der Waals surface area (Å²) in [4.78, 5) is 26.6. The first-order chi connectivity index (χ1) is 16.2. The van der Waals surface area contributed by atoms with Crippen molar-refractivity contribution in [2.75, 3.05) is 42.6 Å². The number of hydrogen-bond acceptors (Lipinski definition) is 7. The van der Waals surface area contributed by atoms with Gasteiger partial charge in [-0.3, -0.25) is 0 Å². The summed E-state index contributed by atoms with van der Waals surface area (Å²) in [6.45, 7) is 3.76. The monoisotopic (exact) mass is 525 g/mol. The fourth-order valence-corrected chi connectivity index (χ4v) is 5.05. The molecule has 33 heavy (non-hydrogen) atoms. The Morgan fingerprint density at radius 2 is 1.70 bits per heavy atom. The van der Waals surface area contributed by atoms with E-state index in [9.17, 15) is 0 Å².